The summed E-state index contributed by atoms with van der Waals surface area (Å²) in [5.74, 6) is 0. The number of aromatic nitrogens is 1. The summed E-state index contributed by atoms with van der Waals surface area (Å²) >= 11 is 3.85. The second-order valence-corrected chi connectivity index (χ2v) is 7.19. The molecule has 0 spiro atoms. The second kappa shape index (κ2) is 3.44. The van der Waals surface area contributed by atoms with E-state index in [1.165, 1.54) is 35.8 Å². The van der Waals surface area contributed by atoms with Crippen molar-refractivity contribution in [2.75, 3.05) is 0 Å². The van der Waals surface area contributed by atoms with Gasteiger partial charge in [0.25, 0.3) is 5.01 Å². The lowest BCUT2D eigenvalue weighted by molar-refractivity contribution is -0.641. The molecule has 1 aliphatic rings. The lowest BCUT2D eigenvalue weighted by Crippen LogP contribution is -2.30. The molecule has 0 N–H and O–H groups in total. The van der Waals surface area contributed by atoms with E-state index in [1.54, 1.807) is 0 Å². The van der Waals surface area contributed by atoms with Crippen LogP contribution in [0.5, 0.6) is 0 Å². The fourth-order valence-corrected chi connectivity index (χ4v) is 5.65. The third-order valence-corrected chi connectivity index (χ3v) is 6.29. The van der Waals surface area contributed by atoms with E-state index in [-0.39, 0.29) is 0 Å². The average molecular weight is 280 g/mol. The molecule has 4 aromatic rings. The highest BCUT2D eigenvalue weighted by Gasteiger charge is 2.33. The van der Waals surface area contributed by atoms with Gasteiger partial charge in [-0.3, -0.25) is 0 Å². The van der Waals surface area contributed by atoms with Crippen molar-refractivity contribution in [3.8, 4) is 10.6 Å². The summed E-state index contributed by atoms with van der Waals surface area (Å²) in [6.07, 6.45) is 0. The van der Waals surface area contributed by atoms with Crippen LogP contribution < -0.4 is 4.57 Å². The van der Waals surface area contributed by atoms with Gasteiger partial charge in [-0.05, 0) is 18.2 Å². The Kier molecular flexibility index (Phi) is 1.83. The van der Waals surface area contributed by atoms with Crippen LogP contribution in [0, 0.1) is 0 Å². The van der Waals surface area contributed by atoms with Crippen molar-refractivity contribution < 1.29 is 4.57 Å². The monoisotopic (exact) mass is 280 g/mol. The number of nitrogens with zero attached hydrogens (tertiary/aromatic N) is 1. The van der Waals surface area contributed by atoms with E-state index in [0.29, 0.717) is 0 Å². The first-order chi connectivity index (χ1) is 9.42. The van der Waals surface area contributed by atoms with Gasteiger partial charge in [-0.1, -0.05) is 41.7 Å². The molecule has 19 heavy (non-hydrogen) atoms. The molecule has 0 saturated carbocycles. The molecule has 0 aliphatic carbocycles. The van der Waals surface area contributed by atoms with Gasteiger partial charge in [0.1, 0.15) is 0 Å². The maximum absolute atomic E-state index is 2.49. The van der Waals surface area contributed by atoms with Crippen LogP contribution in [-0.2, 0) is 6.54 Å². The molecular formula is C16H10NS2+. The molecule has 3 heteroatoms. The summed E-state index contributed by atoms with van der Waals surface area (Å²) in [4.78, 5) is 0. The molecule has 1 nitrogen and oxygen atoms in total. The normalized spacial score (nSPS) is 13.1. The molecular weight excluding hydrogens is 270 g/mol. The molecule has 0 radical (unpaired) electrons. The van der Waals surface area contributed by atoms with Crippen LogP contribution in [0.4, 0.5) is 0 Å². The van der Waals surface area contributed by atoms with Crippen molar-refractivity contribution in [1.82, 2.24) is 0 Å². The van der Waals surface area contributed by atoms with Crippen LogP contribution in [0.1, 0.15) is 5.56 Å². The van der Waals surface area contributed by atoms with Crippen LogP contribution in [-0.4, -0.2) is 0 Å². The molecule has 0 amide bonds. The summed E-state index contributed by atoms with van der Waals surface area (Å²) in [6, 6.07) is 17.5. The highest BCUT2D eigenvalue weighted by atomic mass is 32.2. The van der Waals surface area contributed by atoms with Gasteiger partial charge < -0.3 is 0 Å². The van der Waals surface area contributed by atoms with Gasteiger partial charge in [-0.25, -0.2) is 0 Å². The van der Waals surface area contributed by atoms with Gasteiger partial charge in [-0.15, -0.1) is 11.3 Å². The molecule has 2 aromatic carbocycles. The zero-order valence-corrected chi connectivity index (χ0v) is 11.7. The Labute approximate surface area is 118 Å². The molecule has 5 rings (SSSR count). The van der Waals surface area contributed by atoms with E-state index in [9.17, 15) is 0 Å². The first-order valence-corrected chi connectivity index (χ1v) is 7.97. The third kappa shape index (κ3) is 1.22. The maximum Gasteiger partial charge on any atom is 0.271 e. The van der Waals surface area contributed by atoms with Crippen LogP contribution in [0.3, 0.4) is 0 Å². The standard InChI is InChI=1S/C16H10NS2/c1-2-6-11-10(5-1)9-17-14-12-7-3-4-8-13(12)18-16(14)19-15(11)17/h1-8H,9H2/q+1. The summed E-state index contributed by atoms with van der Waals surface area (Å²) in [5, 5.41) is 2.82. The molecule has 0 bridgehead atoms. The number of thiazole rings is 1. The lowest BCUT2D eigenvalue weighted by atomic mass is 10.1. The van der Waals surface area contributed by atoms with E-state index < -0.39 is 0 Å². The summed E-state index contributed by atoms with van der Waals surface area (Å²) in [5.41, 5.74) is 4.29. The topological polar surface area (TPSA) is 3.88 Å². The predicted molar refractivity (Wildman–Crippen MR) is 81.9 cm³/mol. The van der Waals surface area contributed by atoms with Gasteiger partial charge >= 0.3 is 0 Å². The smallest absolute Gasteiger partial charge is 0.176 e. The Bertz CT molecular complexity index is 946. The Morgan fingerprint density at radius 1 is 0.895 bits per heavy atom. The SMILES string of the molecule is c1ccc2c(c1)C[n+]1c-2sc2sc3ccccc3c21. The number of hydrogen-bond acceptors (Lipinski definition) is 2. The fourth-order valence-electron chi connectivity index (χ4n) is 2.97. The predicted octanol–water partition coefficient (Wildman–Crippen LogP) is 4.43. The maximum atomic E-state index is 2.49. The quantitative estimate of drug-likeness (QED) is 0.369. The Hall–Kier alpha value is -1.71. The number of hydrogen-bond donors (Lipinski definition) is 0. The minimum Gasteiger partial charge on any atom is -0.176 e. The van der Waals surface area contributed by atoms with Gasteiger partial charge in [0.15, 0.2) is 10.6 Å². The molecule has 3 heterocycles. The average Bonchev–Trinajstić information content (AvgIpc) is 3.05. The second-order valence-electron chi connectivity index (χ2n) is 4.88. The van der Waals surface area contributed by atoms with Crippen LogP contribution in [0.25, 0.3) is 30.2 Å². The molecule has 0 unspecified atom stereocenters. The third-order valence-electron chi connectivity index (χ3n) is 3.82. The first-order valence-electron chi connectivity index (χ1n) is 6.34. The Balaban J connectivity index is 1.94. The highest BCUT2D eigenvalue weighted by Crippen LogP contribution is 2.42. The first kappa shape index (κ1) is 10.1. The zero-order chi connectivity index (χ0) is 12.4. The van der Waals surface area contributed by atoms with Gasteiger partial charge in [0, 0.05) is 10.3 Å². The number of thiophene rings is 1. The van der Waals surface area contributed by atoms with E-state index >= 15 is 0 Å². The lowest BCUT2D eigenvalue weighted by Gasteiger charge is -1.89. The highest BCUT2D eigenvalue weighted by molar-refractivity contribution is 7.42. The van der Waals surface area contributed by atoms with Crippen molar-refractivity contribution in [1.29, 1.82) is 0 Å². The van der Waals surface area contributed by atoms with Gasteiger partial charge in [0.05, 0.1) is 10.9 Å². The molecule has 0 saturated heterocycles. The van der Waals surface area contributed by atoms with Crippen molar-refractivity contribution >= 4 is 42.3 Å². The minimum absolute atomic E-state index is 1.02. The van der Waals surface area contributed by atoms with Crippen molar-refractivity contribution in [3.63, 3.8) is 0 Å². The molecule has 2 aromatic heterocycles. The summed E-state index contributed by atoms with van der Waals surface area (Å²) in [7, 11) is 0. The Morgan fingerprint density at radius 3 is 2.74 bits per heavy atom. The van der Waals surface area contributed by atoms with E-state index in [1.807, 2.05) is 22.7 Å². The summed E-state index contributed by atoms with van der Waals surface area (Å²) in [6.45, 7) is 1.02. The number of benzene rings is 2. The Morgan fingerprint density at radius 2 is 1.74 bits per heavy atom. The molecule has 1 aliphatic heterocycles. The van der Waals surface area contributed by atoms with E-state index in [0.717, 1.165) is 6.54 Å². The summed E-state index contributed by atoms with van der Waals surface area (Å²) < 4.78 is 5.34. The van der Waals surface area contributed by atoms with E-state index in [2.05, 4.69) is 53.1 Å². The van der Waals surface area contributed by atoms with Gasteiger partial charge in [-0.2, -0.15) is 4.57 Å². The van der Waals surface area contributed by atoms with Crippen LogP contribution in [0.15, 0.2) is 48.5 Å². The molecule has 0 fully saturated rings. The number of fused-ring (bicyclic) bond motifs is 7. The van der Waals surface area contributed by atoms with Gasteiger partial charge in [0.2, 0.25) is 5.52 Å². The number of rotatable bonds is 0. The van der Waals surface area contributed by atoms with Crippen molar-refractivity contribution in [2.24, 2.45) is 0 Å². The van der Waals surface area contributed by atoms with Crippen LogP contribution in [0.2, 0.25) is 0 Å². The fraction of sp³-hybridized carbons (Fsp3) is 0.0625. The van der Waals surface area contributed by atoms with Crippen LogP contribution >= 0.6 is 22.7 Å². The molecule has 0 atom stereocenters. The zero-order valence-electron chi connectivity index (χ0n) is 10.1. The van der Waals surface area contributed by atoms with E-state index in [4.69, 9.17) is 0 Å². The van der Waals surface area contributed by atoms with Crippen molar-refractivity contribution in [2.45, 2.75) is 6.54 Å². The van der Waals surface area contributed by atoms with Crippen molar-refractivity contribution in [3.05, 3.63) is 54.1 Å². The largest absolute Gasteiger partial charge is 0.271 e. The molecule has 90 valence electrons. The minimum atomic E-state index is 1.02.